The Hall–Kier alpha value is -3.56. The molecule has 0 radical (unpaired) electrons. The van der Waals surface area contributed by atoms with Crippen LogP contribution in [0.1, 0.15) is 56.6 Å². The molecular formula is C32H37ClO8S. The zero-order valence-corrected chi connectivity index (χ0v) is 25.4. The number of ether oxygens (including phenoxy) is 2. The van der Waals surface area contributed by atoms with Crippen LogP contribution in [0.5, 0.6) is 11.5 Å². The molecule has 2 N–H and O–H groups in total. The topological polar surface area (TPSA) is 127 Å². The van der Waals surface area contributed by atoms with Gasteiger partial charge in [0.15, 0.2) is 15.9 Å². The normalized spacial score (nSPS) is 12.1. The highest BCUT2D eigenvalue weighted by Gasteiger charge is 2.20. The molecule has 0 aliphatic heterocycles. The van der Waals surface area contributed by atoms with E-state index >= 15 is 0 Å². The number of aliphatic carboxylic acids is 2. The molecule has 0 fully saturated rings. The number of carbonyl (C=O) groups is 2. The van der Waals surface area contributed by atoms with Crippen LogP contribution in [0.3, 0.4) is 0 Å². The monoisotopic (exact) mass is 616 g/mol. The van der Waals surface area contributed by atoms with Gasteiger partial charge in [-0.05, 0) is 90.8 Å². The summed E-state index contributed by atoms with van der Waals surface area (Å²) < 4.78 is 36.2. The van der Waals surface area contributed by atoms with E-state index < -0.39 is 27.9 Å². The molecule has 0 amide bonds. The molecule has 0 bridgehead atoms. The van der Waals surface area contributed by atoms with Gasteiger partial charge < -0.3 is 19.7 Å². The molecule has 0 saturated carbocycles. The predicted octanol–water partition coefficient (Wildman–Crippen LogP) is 6.85. The fourth-order valence-electron chi connectivity index (χ4n) is 4.60. The number of benzene rings is 3. The number of aryl methyl sites for hydroxylation is 1. The molecule has 0 spiro atoms. The molecule has 10 heteroatoms. The Bertz CT molecular complexity index is 1490. The fraction of sp³-hybridized carbons (Fsp3) is 0.375. The second-order valence-corrected chi connectivity index (χ2v) is 12.6. The molecule has 226 valence electrons. The highest BCUT2D eigenvalue weighted by molar-refractivity contribution is 7.90. The standard InChI is InChI=1S/C32H37ClO8S/c1-3-29(32(36)37)41-30-14-9-11-22(28(30)15-16-31(34)35)10-6-4-5-7-17-40-26-19-24(20-27(21-26)42(2,38)39)23-12-8-13-25(33)18-23/h8-9,11-14,18-21,29H,3-7,10,15-17H2,1-2H3,(H,34,35)(H,36,37). The van der Waals surface area contributed by atoms with Crippen LogP contribution in [0.2, 0.25) is 5.02 Å². The molecule has 1 atom stereocenters. The Labute approximate surface area is 252 Å². The van der Waals surface area contributed by atoms with Gasteiger partial charge in [0.25, 0.3) is 0 Å². The number of carboxylic acids is 2. The summed E-state index contributed by atoms with van der Waals surface area (Å²) in [6, 6.07) is 17.6. The van der Waals surface area contributed by atoms with Crippen LogP contribution >= 0.6 is 11.6 Å². The van der Waals surface area contributed by atoms with Crippen molar-refractivity contribution in [1.29, 1.82) is 0 Å². The van der Waals surface area contributed by atoms with Crippen molar-refractivity contribution >= 4 is 33.4 Å². The van der Waals surface area contributed by atoms with E-state index in [0.29, 0.717) is 41.5 Å². The quantitative estimate of drug-likeness (QED) is 0.158. The minimum Gasteiger partial charge on any atom is -0.494 e. The van der Waals surface area contributed by atoms with Gasteiger partial charge in [-0.3, -0.25) is 4.79 Å². The summed E-state index contributed by atoms with van der Waals surface area (Å²) in [5.41, 5.74) is 3.19. The number of rotatable bonds is 17. The first kappa shape index (κ1) is 32.9. The molecule has 3 aromatic rings. The summed E-state index contributed by atoms with van der Waals surface area (Å²) in [4.78, 5) is 22.9. The lowest BCUT2D eigenvalue weighted by atomic mass is 9.96. The summed E-state index contributed by atoms with van der Waals surface area (Å²) in [6.07, 6.45) is 4.74. The zero-order valence-electron chi connectivity index (χ0n) is 23.8. The van der Waals surface area contributed by atoms with Crippen molar-refractivity contribution in [3.05, 3.63) is 76.8 Å². The molecule has 0 saturated heterocycles. The van der Waals surface area contributed by atoms with E-state index in [1.165, 1.54) is 6.07 Å². The highest BCUT2D eigenvalue weighted by atomic mass is 35.5. The molecule has 0 aromatic heterocycles. The molecule has 42 heavy (non-hydrogen) atoms. The van der Waals surface area contributed by atoms with Crippen LogP contribution in [-0.4, -0.2) is 49.5 Å². The van der Waals surface area contributed by atoms with Gasteiger partial charge in [0.1, 0.15) is 11.5 Å². The maximum Gasteiger partial charge on any atom is 0.344 e. The highest BCUT2D eigenvalue weighted by Crippen LogP contribution is 2.30. The smallest absolute Gasteiger partial charge is 0.344 e. The van der Waals surface area contributed by atoms with Crippen LogP contribution < -0.4 is 9.47 Å². The van der Waals surface area contributed by atoms with E-state index in [2.05, 4.69) is 0 Å². The number of sulfone groups is 1. The third kappa shape index (κ3) is 10.1. The lowest BCUT2D eigenvalue weighted by Crippen LogP contribution is -2.26. The largest absolute Gasteiger partial charge is 0.494 e. The first-order valence-corrected chi connectivity index (χ1v) is 16.2. The Morgan fingerprint density at radius 1 is 0.905 bits per heavy atom. The van der Waals surface area contributed by atoms with Crippen molar-refractivity contribution < 1.29 is 37.7 Å². The predicted molar refractivity (Wildman–Crippen MR) is 162 cm³/mol. The van der Waals surface area contributed by atoms with Gasteiger partial charge in [0.2, 0.25) is 0 Å². The van der Waals surface area contributed by atoms with E-state index in [-0.39, 0.29) is 17.7 Å². The number of halogens is 1. The Kier molecular flexibility index (Phi) is 12.2. The molecule has 0 heterocycles. The Balaban J connectivity index is 1.58. The SMILES string of the molecule is CCC(Oc1cccc(CCCCCCOc2cc(-c3cccc(Cl)c3)cc(S(C)(=O)=O)c2)c1CCC(=O)O)C(=O)O. The van der Waals surface area contributed by atoms with Crippen LogP contribution in [0.15, 0.2) is 65.6 Å². The Morgan fingerprint density at radius 2 is 1.64 bits per heavy atom. The third-order valence-corrected chi connectivity index (χ3v) is 8.14. The van der Waals surface area contributed by atoms with E-state index in [4.69, 9.17) is 21.1 Å². The van der Waals surface area contributed by atoms with Gasteiger partial charge in [-0.15, -0.1) is 0 Å². The van der Waals surface area contributed by atoms with Gasteiger partial charge in [0, 0.05) is 17.7 Å². The van der Waals surface area contributed by atoms with E-state index in [1.807, 2.05) is 24.3 Å². The van der Waals surface area contributed by atoms with Gasteiger partial charge in [-0.25, -0.2) is 13.2 Å². The summed E-state index contributed by atoms with van der Waals surface area (Å²) in [5.74, 6) is -1.09. The second kappa shape index (κ2) is 15.6. The minimum atomic E-state index is -3.45. The summed E-state index contributed by atoms with van der Waals surface area (Å²) in [6.45, 7) is 2.15. The third-order valence-electron chi connectivity index (χ3n) is 6.81. The minimum absolute atomic E-state index is 0.0753. The number of hydrogen-bond donors (Lipinski definition) is 2. The van der Waals surface area contributed by atoms with Gasteiger partial charge in [-0.2, -0.15) is 0 Å². The van der Waals surface area contributed by atoms with Crippen molar-refractivity contribution in [3.63, 3.8) is 0 Å². The first-order chi connectivity index (χ1) is 20.0. The lowest BCUT2D eigenvalue weighted by Gasteiger charge is -2.19. The van der Waals surface area contributed by atoms with Gasteiger partial charge in [0.05, 0.1) is 11.5 Å². The van der Waals surface area contributed by atoms with E-state index in [1.54, 1.807) is 37.3 Å². The van der Waals surface area contributed by atoms with Crippen molar-refractivity contribution in [3.8, 4) is 22.6 Å². The number of unbranched alkanes of at least 4 members (excludes halogenated alkanes) is 3. The maximum absolute atomic E-state index is 12.3. The molecule has 0 aliphatic rings. The zero-order chi connectivity index (χ0) is 30.7. The maximum atomic E-state index is 12.3. The van der Waals surface area contributed by atoms with Crippen LogP contribution in [-0.2, 0) is 32.3 Å². The molecular weight excluding hydrogens is 580 g/mol. The molecule has 3 rings (SSSR count). The molecule has 0 aliphatic carbocycles. The van der Waals surface area contributed by atoms with Crippen molar-refractivity contribution in [2.75, 3.05) is 12.9 Å². The number of hydrogen-bond acceptors (Lipinski definition) is 6. The van der Waals surface area contributed by atoms with Crippen LogP contribution in [0.25, 0.3) is 11.1 Å². The van der Waals surface area contributed by atoms with Gasteiger partial charge in [-0.1, -0.05) is 55.6 Å². The van der Waals surface area contributed by atoms with Crippen molar-refractivity contribution in [2.24, 2.45) is 0 Å². The van der Waals surface area contributed by atoms with E-state index in [9.17, 15) is 28.2 Å². The van der Waals surface area contributed by atoms with Crippen molar-refractivity contribution in [2.45, 2.75) is 69.3 Å². The lowest BCUT2D eigenvalue weighted by molar-refractivity contribution is -0.145. The summed E-state index contributed by atoms with van der Waals surface area (Å²) >= 11 is 6.13. The summed E-state index contributed by atoms with van der Waals surface area (Å²) in [7, 11) is -3.45. The Morgan fingerprint density at radius 3 is 2.31 bits per heavy atom. The average Bonchev–Trinajstić information content (AvgIpc) is 2.93. The average molecular weight is 617 g/mol. The van der Waals surface area contributed by atoms with Crippen LogP contribution in [0.4, 0.5) is 0 Å². The van der Waals surface area contributed by atoms with Crippen molar-refractivity contribution in [1.82, 2.24) is 0 Å². The summed E-state index contributed by atoms with van der Waals surface area (Å²) in [5, 5.41) is 19.2. The van der Waals surface area contributed by atoms with Crippen LogP contribution in [0, 0.1) is 0 Å². The molecule has 1 unspecified atom stereocenters. The molecule has 8 nitrogen and oxygen atoms in total. The van der Waals surface area contributed by atoms with E-state index in [0.717, 1.165) is 48.6 Å². The second-order valence-electron chi connectivity index (χ2n) is 10.1. The van der Waals surface area contributed by atoms with Gasteiger partial charge >= 0.3 is 11.9 Å². The fourth-order valence-corrected chi connectivity index (χ4v) is 5.46. The molecule has 3 aromatic carbocycles. The first-order valence-electron chi connectivity index (χ1n) is 13.9. The number of carboxylic acid groups (broad SMARTS) is 2.